The molecule has 4 heteroatoms. The average molecular weight is 209 g/mol. The average Bonchev–Trinajstić information content (AvgIpc) is 2.76. The standard InChI is InChI=1S/C11H19N3O/c1-9-10(4-6-15)7-12-14(9)11-3-5-13(2)8-11/h7,11,15H,3-6,8H2,1-2H3. The summed E-state index contributed by atoms with van der Waals surface area (Å²) in [5.41, 5.74) is 2.39. The number of aliphatic hydroxyl groups is 1. The molecule has 84 valence electrons. The van der Waals surface area contributed by atoms with Gasteiger partial charge >= 0.3 is 0 Å². The van der Waals surface area contributed by atoms with Crippen molar-refractivity contribution in [2.75, 3.05) is 26.7 Å². The number of nitrogens with zero attached hydrogens (tertiary/aromatic N) is 3. The highest BCUT2D eigenvalue weighted by Crippen LogP contribution is 2.22. The van der Waals surface area contributed by atoms with E-state index in [1.807, 2.05) is 6.20 Å². The van der Waals surface area contributed by atoms with Gasteiger partial charge in [-0.25, -0.2) is 0 Å². The summed E-state index contributed by atoms with van der Waals surface area (Å²) < 4.78 is 2.12. The van der Waals surface area contributed by atoms with Crippen LogP contribution in [0.4, 0.5) is 0 Å². The summed E-state index contributed by atoms with van der Waals surface area (Å²) in [6.07, 6.45) is 3.79. The van der Waals surface area contributed by atoms with Gasteiger partial charge in [-0.3, -0.25) is 4.68 Å². The van der Waals surface area contributed by atoms with Crippen LogP contribution >= 0.6 is 0 Å². The molecule has 1 aliphatic rings. The van der Waals surface area contributed by atoms with Crippen molar-refractivity contribution in [1.29, 1.82) is 0 Å². The maximum absolute atomic E-state index is 8.92. The minimum atomic E-state index is 0.205. The third kappa shape index (κ3) is 2.06. The molecule has 0 amide bonds. The van der Waals surface area contributed by atoms with Crippen LogP contribution in [0.2, 0.25) is 0 Å². The lowest BCUT2D eigenvalue weighted by molar-refractivity contribution is 0.299. The number of aliphatic hydroxyl groups excluding tert-OH is 1. The zero-order valence-electron chi connectivity index (χ0n) is 9.48. The molecule has 0 bridgehead atoms. The van der Waals surface area contributed by atoms with Gasteiger partial charge in [-0.15, -0.1) is 0 Å². The zero-order valence-corrected chi connectivity index (χ0v) is 9.48. The van der Waals surface area contributed by atoms with E-state index >= 15 is 0 Å². The first-order valence-corrected chi connectivity index (χ1v) is 5.54. The van der Waals surface area contributed by atoms with Gasteiger partial charge < -0.3 is 10.0 Å². The van der Waals surface area contributed by atoms with Crippen molar-refractivity contribution < 1.29 is 5.11 Å². The molecule has 1 fully saturated rings. The van der Waals surface area contributed by atoms with Crippen molar-refractivity contribution in [1.82, 2.24) is 14.7 Å². The Morgan fingerprint density at radius 3 is 3.00 bits per heavy atom. The maximum atomic E-state index is 8.92. The molecule has 4 nitrogen and oxygen atoms in total. The minimum Gasteiger partial charge on any atom is -0.396 e. The molecular formula is C11H19N3O. The van der Waals surface area contributed by atoms with Crippen LogP contribution in [0.1, 0.15) is 23.7 Å². The van der Waals surface area contributed by atoms with Gasteiger partial charge in [0.15, 0.2) is 0 Å². The molecule has 0 aliphatic carbocycles. The summed E-state index contributed by atoms with van der Waals surface area (Å²) in [5.74, 6) is 0. The fraction of sp³-hybridized carbons (Fsp3) is 0.727. The largest absolute Gasteiger partial charge is 0.396 e. The number of likely N-dealkylation sites (tertiary alicyclic amines) is 1. The molecule has 0 radical (unpaired) electrons. The molecule has 15 heavy (non-hydrogen) atoms. The van der Waals surface area contributed by atoms with Crippen LogP contribution in [-0.4, -0.2) is 46.5 Å². The number of aromatic nitrogens is 2. The van der Waals surface area contributed by atoms with E-state index in [1.54, 1.807) is 0 Å². The van der Waals surface area contributed by atoms with Crippen LogP contribution in [-0.2, 0) is 6.42 Å². The quantitative estimate of drug-likeness (QED) is 0.792. The van der Waals surface area contributed by atoms with E-state index in [1.165, 1.54) is 17.7 Å². The van der Waals surface area contributed by atoms with E-state index < -0.39 is 0 Å². The molecule has 1 aliphatic heterocycles. The summed E-state index contributed by atoms with van der Waals surface area (Å²) in [6.45, 7) is 4.54. The third-order valence-electron chi connectivity index (χ3n) is 3.24. The number of likely N-dealkylation sites (N-methyl/N-ethyl adjacent to an activating group) is 1. The summed E-state index contributed by atoms with van der Waals surface area (Å²) in [5, 5.41) is 13.3. The summed E-state index contributed by atoms with van der Waals surface area (Å²) in [4.78, 5) is 2.33. The lowest BCUT2D eigenvalue weighted by atomic mass is 10.2. The minimum absolute atomic E-state index is 0.205. The molecule has 1 aromatic heterocycles. The van der Waals surface area contributed by atoms with Crippen molar-refractivity contribution in [3.05, 3.63) is 17.5 Å². The molecule has 2 heterocycles. The molecule has 2 rings (SSSR count). The van der Waals surface area contributed by atoms with Crippen molar-refractivity contribution in [2.45, 2.75) is 25.8 Å². The first-order chi connectivity index (χ1) is 7.22. The number of hydrogen-bond donors (Lipinski definition) is 1. The van der Waals surface area contributed by atoms with E-state index in [9.17, 15) is 0 Å². The summed E-state index contributed by atoms with van der Waals surface area (Å²) in [6, 6.07) is 0.516. The maximum Gasteiger partial charge on any atom is 0.0661 e. The van der Waals surface area contributed by atoms with Gasteiger partial charge in [0.2, 0.25) is 0 Å². The fourth-order valence-corrected chi connectivity index (χ4v) is 2.30. The molecule has 1 aromatic rings. The van der Waals surface area contributed by atoms with Crippen LogP contribution in [0, 0.1) is 6.92 Å². The van der Waals surface area contributed by atoms with Gasteiger partial charge in [0.1, 0.15) is 0 Å². The van der Waals surface area contributed by atoms with E-state index in [0.29, 0.717) is 12.5 Å². The predicted octanol–water partition coefficient (Wildman–Crippen LogP) is 0.603. The second-order valence-electron chi connectivity index (χ2n) is 4.38. The fourth-order valence-electron chi connectivity index (χ4n) is 2.30. The molecule has 1 atom stereocenters. The van der Waals surface area contributed by atoms with Crippen molar-refractivity contribution in [3.8, 4) is 0 Å². The lowest BCUT2D eigenvalue weighted by Gasteiger charge is -2.13. The Labute approximate surface area is 90.5 Å². The van der Waals surface area contributed by atoms with Crippen LogP contribution in [0.3, 0.4) is 0 Å². The summed E-state index contributed by atoms with van der Waals surface area (Å²) >= 11 is 0. The topological polar surface area (TPSA) is 41.3 Å². The van der Waals surface area contributed by atoms with Gasteiger partial charge in [0.05, 0.1) is 12.2 Å². The monoisotopic (exact) mass is 209 g/mol. The molecule has 1 N–H and O–H groups in total. The molecule has 0 saturated carbocycles. The van der Waals surface area contributed by atoms with E-state index in [2.05, 4.69) is 28.7 Å². The first kappa shape index (κ1) is 10.6. The SMILES string of the molecule is Cc1c(CCO)cnn1C1CCN(C)C1. The Balaban J connectivity index is 2.14. The lowest BCUT2D eigenvalue weighted by Crippen LogP contribution is -2.18. The first-order valence-electron chi connectivity index (χ1n) is 5.54. The van der Waals surface area contributed by atoms with E-state index in [0.717, 1.165) is 13.1 Å². The second kappa shape index (κ2) is 4.33. The van der Waals surface area contributed by atoms with E-state index in [-0.39, 0.29) is 6.61 Å². The second-order valence-corrected chi connectivity index (χ2v) is 4.38. The van der Waals surface area contributed by atoms with Crippen LogP contribution in [0.5, 0.6) is 0 Å². The van der Waals surface area contributed by atoms with Crippen LogP contribution in [0.25, 0.3) is 0 Å². The highest BCUT2D eigenvalue weighted by atomic mass is 16.2. The normalized spacial score (nSPS) is 22.5. The van der Waals surface area contributed by atoms with Crippen LogP contribution in [0.15, 0.2) is 6.20 Å². The molecule has 1 unspecified atom stereocenters. The Hall–Kier alpha value is -0.870. The molecule has 0 aromatic carbocycles. The molecule has 0 spiro atoms. The van der Waals surface area contributed by atoms with Gasteiger partial charge in [0, 0.05) is 18.8 Å². The summed E-state index contributed by atoms with van der Waals surface area (Å²) in [7, 11) is 2.15. The Kier molecular flexibility index (Phi) is 3.07. The number of rotatable bonds is 3. The highest BCUT2D eigenvalue weighted by molar-refractivity contribution is 5.17. The smallest absolute Gasteiger partial charge is 0.0661 e. The predicted molar refractivity (Wildman–Crippen MR) is 58.9 cm³/mol. The Bertz CT molecular complexity index is 335. The van der Waals surface area contributed by atoms with Gasteiger partial charge in [-0.2, -0.15) is 5.10 Å². The van der Waals surface area contributed by atoms with Gasteiger partial charge in [0.25, 0.3) is 0 Å². The van der Waals surface area contributed by atoms with Gasteiger partial charge in [-0.05, 0) is 38.9 Å². The van der Waals surface area contributed by atoms with Crippen molar-refractivity contribution in [2.24, 2.45) is 0 Å². The zero-order chi connectivity index (χ0) is 10.8. The molecular weight excluding hydrogens is 190 g/mol. The third-order valence-corrected chi connectivity index (χ3v) is 3.24. The van der Waals surface area contributed by atoms with Crippen LogP contribution < -0.4 is 0 Å². The Morgan fingerprint density at radius 2 is 2.40 bits per heavy atom. The van der Waals surface area contributed by atoms with Crippen molar-refractivity contribution in [3.63, 3.8) is 0 Å². The van der Waals surface area contributed by atoms with E-state index in [4.69, 9.17) is 5.11 Å². The highest BCUT2D eigenvalue weighted by Gasteiger charge is 2.23. The van der Waals surface area contributed by atoms with Gasteiger partial charge in [-0.1, -0.05) is 0 Å². The van der Waals surface area contributed by atoms with Crippen molar-refractivity contribution >= 4 is 0 Å². The Morgan fingerprint density at radius 1 is 1.60 bits per heavy atom. The molecule has 1 saturated heterocycles. The number of hydrogen-bond acceptors (Lipinski definition) is 3.